The van der Waals surface area contributed by atoms with Crippen LogP contribution in [0.25, 0.3) is 11.1 Å². The molecule has 34 heavy (non-hydrogen) atoms. The predicted octanol–water partition coefficient (Wildman–Crippen LogP) is 5.46. The van der Waals surface area contributed by atoms with Crippen LogP contribution in [-0.2, 0) is 29.0 Å². The number of benzene rings is 3. The van der Waals surface area contributed by atoms with Gasteiger partial charge in [0.05, 0.1) is 20.6 Å². The zero-order valence-corrected chi connectivity index (χ0v) is 20.4. The molecule has 3 aromatic rings. The molecule has 3 aromatic carbocycles. The first-order chi connectivity index (χ1) is 16.4. The van der Waals surface area contributed by atoms with Gasteiger partial charge in [0.2, 0.25) is 0 Å². The van der Waals surface area contributed by atoms with Gasteiger partial charge >= 0.3 is 12.0 Å². The van der Waals surface area contributed by atoms with Crippen LogP contribution in [0.4, 0.5) is 4.79 Å². The third kappa shape index (κ3) is 6.75. The monoisotopic (exact) mass is 480 g/mol. The van der Waals surface area contributed by atoms with E-state index in [9.17, 15) is 9.59 Å². The van der Waals surface area contributed by atoms with E-state index in [1.165, 1.54) is 7.11 Å². The summed E-state index contributed by atoms with van der Waals surface area (Å²) in [6.07, 6.45) is 0.117. The Bertz CT molecular complexity index is 1130. The van der Waals surface area contributed by atoms with Crippen LogP contribution in [0.3, 0.4) is 0 Å². The molecule has 6 nitrogen and oxygen atoms in total. The van der Waals surface area contributed by atoms with Gasteiger partial charge in [0.15, 0.2) is 0 Å². The van der Waals surface area contributed by atoms with Crippen LogP contribution < -0.4 is 10.1 Å². The Hall–Kier alpha value is -3.51. The molecule has 0 saturated heterocycles. The summed E-state index contributed by atoms with van der Waals surface area (Å²) in [5, 5.41) is 3.50. The number of halogens is 1. The fraction of sp³-hybridized carbons (Fsp3) is 0.259. The number of methoxy groups -OCH3 is 2. The zero-order chi connectivity index (χ0) is 24.5. The number of amides is 2. The van der Waals surface area contributed by atoms with Crippen molar-refractivity contribution in [2.45, 2.75) is 26.4 Å². The maximum absolute atomic E-state index is 12.9. The number of carbonyl (C=O) groups is 2. The molecule has 0 atom stereocenters. The van der Waals surface area contributed by atoms with Gasteiger partial charge in [-0.3, -0.25) is 4.79 Å². The molecule has 0 aliphatic carbocycles. The van der Waals surface area contributed by atoms with Crippen molar-refractivity contribution < 1.29 is 19.1 Å². The largest absolute Gasteiger partial charge is 0.497 e. The van der Waals surface area contributed by atoms with Crippen LogP contribution in [0.2, 0.25) is 5.02 Å². The van der Waals surface area contributed by atoms with Crippen LogP contribution in [0.15, 0.2) is 66.7 Å². The van der Waals surface area contributed by atoms with E-state index < -0.39 is 0 Å². The van der Waals surface area contributed by atoms with Crippen molar-refractivity contribution in [3.05, 3.63) is 88.4 Å². The first-order valence-corrected chi connectivity index (χ1v) is 11.4. The summed E-state index contributed by atoms with van der Waals surface area (Å²) in [6, 6.07) is 20.9. The summed E-state index contributed by atoms with van der Waals surface area (Å²) < 4.78 is 10.2. The smallest absolute Gasteiger partial charge is 0.317 e. The van der Waals surface area contributed by atoms with Crippen LogP contribution in [0.5, 0.6) is 5.75 Å². The lowest BCUT2D eigenvalue weighted by atomic mass is 9.96. The number of hydrogen-bond acceptors (Lipinski definition) is 4. The van der Waals surface area contributed by atoms with E-state index in [2.05, 4.69) is 5.32 Å². The van der Waals surface area contributed by atoms with Crippen LogP contribution in [-0.4, -0.2) is 37.7 Å². The Balaban J connectivity index is 1.87. The second-order valence-corrected chi connectivity index (χ2v) is 8.22. The van der Waals surface area contributed by atoms with Crippen molar-refractivity contribution >= 4 is 23.6 Å². The van der Waals surface area contributed by atoms with Gasteiger partial charge in [0, 0.05) is 24.7 Å². The maximum atomic E-state index is 12.9. The summed E-state index contributed by atoms with van der Waals surface area (Å²) in [4.78, 5) is 26.4. The Labute approximate surface area is 205 Å². The van der Waals surface area contributed by atoms with Crippen molar-refractivity contribution in [3.63, 3.8) is 0 Å². The van der Waals surface area contributed by atoms with Gasteiger partial charge in [-0.1, -0.05) is 54.1 Å². The molecule has 0 fully saturated rings. The summed E-state index contributed by atoms with van der Waals surface area (Å²) in [6.45, 7) is 3.33. The van der Waals surface area contributed by atoms with Gasteiger partial charge in [-0.25, -0.2) is 4.79 Å². The lowest BCUT2D eigenvalue weighted by Gasteiger charge is -2.23. The van der Waals surface area contributed by atoms with E-state index in [0.29, 0.717) is 30.4 Å². The van der Waals surface area contributed by atoms with E-state index in [1.807, 2.05) is 67.6 Å². The number of ether oxygens (including phenoxy) is 2. The SMILES string of the molecule is CCN(Cc1ccc(OC)cc1-c1cc(Cl)cc(CC(=O)OC)c1)C(=O)NCc1ccccc1. The summed E-state index contributed by atoms with van der Waals surface area (Å²) in [5.41, 5.74) is 4.43. The molecule has 3 rings (SSSR count). The molecule has 0 heterocycles. The number of nitrogens with zero attached hydrogens (tertiary/aromatic N) is 1. The van der Waals surface area contributed by atoms with Gasteiger partial charge < -0.3 is 19.7 Å². The van der Waals surface area contributed by atoms with Crippen molar-refractivity contribution in [2.24, 2.45) is 0 Å². The Morgan fingerprint density at radius 2 is 1.74 bits per heavy atom. The van der Waals surface area contributed by atoms with Crippen molar-refractivity contribution in [3.8, 4) is 16.9 Å². The summed E-state index contributed by atoms with van der Waals surface area (Å²) in [5.74, 6) is 0.344. The topological polar surface area (TPSA) is 67.9 Å². The van der Waals surface area contributed by atoms with E-state index in [1.54, 1.807) is 18.1 Å². The second kappa shape index (κ2) is 12.1. The standard InChI is InChI=1S/C27H29ClN2O4/c1-4-30(27(32)29-17-19-8-6-5-7-9-19)18-21-10-11-24(33-2)16-25(21)22-12-20(13-23(28)15-22)14-26(31)34-3/h5-13,15-16H,4,14,17-18H2,1-3H3,(H,29,32). The van der Waals surface area contributed by atoms with Crippen molar-refractivity contribution in [1.82, 2.24) is 10.2 Å². The molecule has 0 aromatic heterocycles. The molecule has 7 heteroatoms. The highest BCUT2D eigenvalue weighted by molar-refractivity contribution is 6.31. The fourth-order valence-electron chi connectivity index (χ4n) is 3.65. The summed E-state index contributed by atoms with van der Waals surface area (Å²) in [7, 11) is 2.96. The first kappa shape index (κ1) is 25.1. The highest BCUT2D eigenvalue weighted by Crippen LogP contribution is 2.32. The third-order valence-electron chi connectivity index (χ3n) is 5.48. The second-order valence-electron chi connectivity index (χ2n) is 7.78. The summed E-state index contributed by atoms with van der Waals surface area (Å²) >= 11 is 6.38. The molecule has 0 unspecified atom stereocenters. The Morgan fingerprint density at radius 1 is 0.971 bits per heavy atom. The minimum Gasteiger partial charge on any atom is -0.497 e. The van der Waals surface area contributed by atoms with Gasteiger partial charge in [0.1, 0.15) is 5.75 Å². The molecular formula is C27H29ClN2O4. The first-order valence-electron chi connectivity index (χ1n) is 11.0. The molecule has 0 spiro atoms. The number of nitrogens with one attached hydrogen (secondary N) is 1. The van der Waals surface area contributed by atoms with Gasteiger partial charge in [-0.05, 0) is 59.0 Å². The molecule has 0 aliphatic heterocycles. The number of carbonyl (C=O) groups excluding carboxylic acids is 2. The number of urea groups is 1. The number of esters is 1. The molecule has 2 amide bonds. The Morgan fingerprint density at radius 3 is 2.41 bits per heavy atom. The average Bonchev–Trinajstić information content (AvgIpc) is 2.86. The minimum absolute atomic E-state index is 0.117. The van der Waals surface area contributed by atoms with E-state index in [0.717, 1.165) is 27.8 Å². The van der Waals surface area contributed by atoms with Crippen LogP contribution >= 0.6 is 11.6 Å². The quantitative estimate of drug-likeness (QED) is 0.413. The van der Waals surface area contributed by atoms with Gasteiger partial charge in [-0.2, -0.15) is 0 Å². The molecule has 0 saturated carbocycles. The predicted molar refractivity (Wildman–Crippen MR) is 134 cm³/mol. The maximum Gasteiger partial charge on any atom is 0.317 e. The molecule has 0 aliphatic rings. The zero-order valence-electron chi connectivity index (χ0n) is 19.6. The molecule has 1 N–H and O–H groups in total. The van der Waals surface area contributed by atoms with Gasteiger partial charge in [0.25, 0.3) is 0 Å². The number of rotatable bonds is 9. The lowest BCUT2D eigenvalue weighted by Crippen LogP contribution is -2.39. The average molecular weight is 481 g/mol. The molecule has 0 radical (unpaired) electrons. The van der Waals surface area contributed by atoms with E-state index in [4.69, 9.17) is 21.1 Å². The fourth-order valence-corrected chi connectivity index (χ4v) is 3.91. The molecular weight excluding hydrogens is 452 g/mol. The van der Waals surface area contributed by atoms with Crippen LogP contribution in [0.1, 0.15) is 23.6 Å². The Kier molecular flexibility index (Phi) is 8.93. The lowest BCUT2D eigenvalue weighted by molar-refractivity contribution is -0.139. The van der Waals surface area contributed by atoms with Crippen molar-refractivity contribution in [2.75, 3.05) is 20.8 Å². The third-order valence-corrected chi connectivity index (χ3v) is 5.70. The normalized spacial score (nSPS) is 10.5. The highest BCUT2D eigenvalue weighted by atomic mass is 35.5. The minimum atomic E-state index is -0.341. The van der Waals surface area contributed by atoms with E-state index >= 15 is 0 Å². The number of hydrogen-bond donors (Lipinski definition) is 1. The van der Waals surface area contributed by atoms with Crippen molar-refractivity contribution in [1.29, 1.82) is 0 Å². The molecule has 0 bridgehead atoms. The van der Waals surface area contributed by atoms with E-state index in [-0.39, 0.29) is 18.4 Å². The highest BCUT2D eigenvalue weighted by Gasteiger charge is 2.17. The van der Waals surface area contributed by atoms with Gasteiger partial charge in [-0.15, -0.1) is 0 Å². The van der Waals surface area contributed by atoms with Crippen LogP contribution in [0, 0.1) is 0 Å². The molecule has 178 valence electrons.